The zero-order valence-corrected chi connectivity index (χ0v) is 8.36. The minimum Gasteiger partial charge on any atom is -0.375 e. The Morgan fingerprint density at radius 3 is 2.77 bits per heavy atom. The summed E-state index contributed by atoms with van der Waals surface area (Å²) in [6, 6.07) is 4.64. The molecule has 0 saturated carbocycles. The fraction of sp³-hybridized carbons (Fsp3) is 0.300. The fourth-order valence-electron chi connectivity index (χ4n) is 1.01. The number of hydrogen-bond acceptors (Lipinski definition) is 1. The standard InChI is InChI=1S/C10H11ClFO/c1-7(13-2)5-8-3-4-9(11)6-10(8)12/h3-4,6H,5H2,1-2H3. The Labute approximate surface area is 82.5 Å². The van der Waals surface area contributed by atoms with Crippen LogP contribution in [0.1, 0.15) is 12.5 Å². The Kier molecular flexibility index (Phi) is 3.70. The Morgan fingerprint density at radius 1 is 1.54 bits per heavy atom. The first-order chi connectivity index (χ1) is 6.13. The van der Waals surface area contributed by atoms with E-state index in [0.29, 0.717) is 17.0 Å². The van der Waals surface area contributed by atoms with Crippen molar-refractivity contribution in [3.8, 4) is 0 Å². The van der Waals surface area contributed by atoms with Gasteiger partial charge in [0.2, 0.25) is 0 Å². The van der Waals surface area contributed by atoms with Crippen molar-refractivity contribution in [3.63, 3.8) is 0 Å². The number of rotatable bonds is 3. The highest BCUT2D eigenvalue weighted by Gasteiger charge is 2.07. The van der Waals surface area contributed by atoms with E-state index in [2.05, 4.69) is 0 Å². The van der Waals surface area contributed by atoms with Crippen LogP contribution in [-0.4, -0.2) is 7.11 Å². The number of hydrogen-bond donors (Lipinski definition) is 0. The first-order valence-corrected chi connectivity index (χ1v) is 4.31. The second-order valence-corrected chi connectivity index (χ2v) is 3.26. The maximum Gasteiger partial charge on any atom is 0.127 e. The third-order valence-corrected chi connectivity index (χ3v) is 2.04. The fourth-order valence-corrected chi connectivity index (χ4v) is 1.16. The van der Waals surface area contributed by atoms with Gasteiger partial charge in [-0.3, -0.25) is 0 Å². The van der Waals surface area contributed by atoms with Crippen molar-refractivity contribution in [1.82, 2.24) is 0 Å². The van der Waals surface area contributed by atoms with Gasteiger partial charge in [0.15, 0.2) is 0 Å². The molecule has 1 aromatic carbocycles. The number of benzene rings is 1. The largest absolute Gasteiger partial charge is 0.375 e. The molecular weight excluding hydrogens is 191 g/mol. The van der Waals surface area contributed by atoms with E-state index >= 15 is 0 Å². The average molecular weight is 202 g/mol. The zero-order valence-electron chi connectivity index (χ0n) is 7.60. The van der Waals surface area contributed by atoms with E-state index in [4.69, 9.17) is 16.3 Å². The van der Waals surface area contributed by atoms with Gasteiger partial charge in [0, 0.05) is 18.6 Å². The lowest BCUT2D eigenvalue weighted by molar-refractivity contribution is 0.210. The van der Waals surface area contributed by atoms with Crippen LogP contribution in [-0.2, 0) is 11.2 Å². The molecular formula is C10H11ClFO. The topological polar surface area (TPSA) is 9.23 Å². The van der Waals surface area contributed by atoms with Crippen LogP contribution in [0.2, 0.25) is 5.02 Å². The summed E-state index contributed by atoms with van der Waals surface area (Å²) in [6.45, 7) is 1.81. The molecule has 0 unspecified atom stereocenters. The van der Waals surface area contributed by atoms with Gasteiger partial charge in [-0.15, -0.1) is 0 Å². The highest BCUT2D eigenvalue weighted by atomic mass is 35.5. The van der Waals surface area contributed by atoms with E-state index in [9.17, 15) is 4.39 Å². The number of methoxy groups -OCH3 is 1. The van der Waals surface area contributed by atoms with Crippen LogP contribution in [0.25, 0.3) is 0 Å². The van der Waals surface area contributed by atoms with Crippen molar-refractivity contribution < 1.29 is 9.13 Å². The molecule has 0 aromatic heterocycles. The van der Waals surface area contributed by atoms with E-state index < -0.39 is 0 Å². The van der Waals surface area contributed by atoms with Crippen LogP contribution >= 0.6 is 11.6 Å². The van der Waals surface area contributed by atoms with Gasteiger partial charge in [-0.2, -0.15) is 0 Å². The van der Waals surface area contributed by atoms with E-state index in [0.717, 1.165) is 6.10 Å². The van der Waals surface area contributed by atoms with Gasteiger partial charge in [-0.05, 0) is 24.6 Å². The summed E-state index contributed by atoms with van der Waals surface area (Å²) in [5.74, 6) is -0.288. The van der Waals surface area contributed by atoms with Crippen LogP contribution in [0.15, 0.2) is 18.2 Å². The highest BCUT2D eigenvalue weighted by molar-refractivity contribution is 6.30. The Balaban J connectivity index is 2.77. The van der Waals surface area contributed by atoms with E-state index in [1.807, 2.05) is 6.92 Å². The summed E-state index contributed by atoms with van der Waals surface area (Å²) in [5.41, 5.74) is 0.601. The molecule has 0 heterocycles. The molecule has 0 aliphatic rings. The predicted octanol–water partition coefficient (Wildman–Crippen LogP) is 3.22. The Morgan fingerprint density at radius 2 is 2.23 bits per heavy atom. The molecule has 0 N–H and O–H groups in total. The van der Waals surface area contributed by atoms with Crippen LogP contribution in [0.5, 0.6) is 0 Å². The van der Waals surface area contributed by atoms with Gasteiger partial charge in [0.25, 0.3) is 0 Å². The molecule has 1 nitrogen and oxygen atoms in total. The molecule has 13 heavy (non-hydrogen) atoms. The SMILES string of the molecule is CO[C](C)Cc1ccc(Cl)cc1F. The lowest BCUT2D eigenvalue weighted by Gasteiger charge is -2.08. The molecule has 1 rings (SSSR count). The van der Waals surface area contributed by atoms with Gasteiger partial charge in [-0.25, -0.2) is 4.39 Å². The third-order valence-electron chi connectivity index (χ3n) is 1.80. The summed E-state index contributed by atoms with van der Waals surface area (Å²) >= 11 is 5.61. The van der Waals surface area contributed by atoms with E-state index in [1.54, 1.807) is 19.2 Å². The van der Waals surface area contributed by atoms with Crippen molar-refractivity contribution >= 4 is 11.6 Å². The van der Waals surface area contributed by atoms with Gasteiger partial charge in [-0.1, -0.05) is 17.7 Å². The van der Waals surface area contributed by atoms with Gasteiger partial charge >= 0.3 is 0 Å². The molecule has 0 aliphatic carbocycles. The van der Waals surface area contributed by atoms with Crippen LogP contribution in [0, 0.1) is 11.9 Å². The maximum absolute atomic E-state index is 13.2. The van der Waals surface area contributed by atoms with Crippen molar-refractivity contribution in [1.29, 1.82) is 0 Å². The molecule has 0 fully saturated rings. The molecule has 0 spiro atoms. The molecule has 1 aromatic rings. The van der Waals surface area contributed by atoms with Gasteiger partial charge in [0.05, 0.1) is 6.10 Å². The van der Waals surface area contributed by atoms with Crippen molar-refractivity contribution in [2.45, 2.75) is 13.3 Å². The summed E-state index contributed by atoms with van der Waals surface area (Å²) < 4.78 is 18.2. The predicted molar refractivity (Wildman–Crippen MR) is 51.0 cm³/mol. The van der Waals surface area contributed by atoms with Crippen LogP contribution < -0.4 is 0 Å². The monoisotopic (exact) mass is 201 g/mol. The quantitative estimate of drug-likeness (QED) is 0.730. The third kappa shape index (κ3) is 2.98. The maximum atomic E-state index is 13.2. The number of ether oxygens (including phenoxy) is 1. The van der Waals surface area contributed by atoms with Gasteiger partial charge in [0.1, 0.15) is 5.82 Å². The van der Waals surface area contributed by atoms with Crippen molar-refractivity contribution in [2.75, 3.05) is 7.11 Å². The lowest BCUT2D eigenvalue weighted by atomic mass is 10.1. The van der Waals surface area contributed by atoms with Crippen LogP contribution in [0.4, 0.5) is 4.39 Å². The molecule has 0 saturated heterocycles. The lowest BCUT2D eigenvalue weighted by Crippen LogP contribution is -2.01. The second kappa shape index (κ2) is 4.58. The minimum atomic E-state index is -0.288. The van der Waals surface area contributed by atoms with E-state index in [-0.39, 0.29) is 5.82 Å². The molecule has 0 aliphatic heterocycles. The number of halogens is 2. The summed E-state index contributed by atoms with van der Waals surface area (Å²) in [7, 11) is 1.57. The average Bonchev–Trinajstić information content (AvgIpc) is 2.09. The smallest absolute Gasteiger partial charge is 0.127 e. The molecule has 0 amide bonds. The summed E-state index contributed by atoms with van der Waals surface area (Å²) in [4.78, 5) is 0. The highest BCUT2D eigenvalue weighted by Crippen LogP contribution is 2.18. The normalized spacial score (nSPS) is 10.8. The second-order valence-electron chi connectivity index (χ2n) is 2.82. The summed E-state index contributed by atoms with van der Waals surface area (Å²) in [5, 5.41) is 0.413. The van der Waals surface area contributed by atoms with Gasteiger partial charge < -0.3 is 4.74 Å². The first-order valence-electron chi connectivity index (χ1n) is 3.94. The zero-order chi connectivity index (χ0) is 9.84. The minimum absolute atomic E-state index is 0.288. The van der Waals surface area contributed by atoms with Crippen molar-refractivity contribution in [3.05, 3.63) is 40.7 Å². The summed E-state index contributed by atoms with van der Waals surface area (Å²) in [6.07, 6.45) is 1.26. The van der Waals surface area contributed by atoms with Crippen LogP contribution in [0.3, 0.4) is 0 Å². The molecule has 3 heteroatoms. The van der Waals surface area contributed by atoms with E-state index in [1.165, 1.54) is 6.07 Å². The Hall–Kier alpha value is -0.600. The first kappa shape index (κ1) is 10.5. The molecule has 0 atom stereocenters. The molecule has 1 radical (unpaired) electrons. The molecule has 0 bridgehead atoms. The molecule has 71 valence electrons. The Bertz CT molecular complexity index is 288. The van der Waals surface area contributed by atoms with Crippen molar-refractivity contribution in [2.24, 2.45) is 0 Å².